The zero-order valence-electron chi connectivity index (χ0n) is 18.3. The van der Waals surface area contributed by atoms with Gasteiger partial charge >= 0.3 is 5.97 Å². The number of unbranched alkanes of at least 4 members (excludes halogenated alkanes) is 1. The molecule has 0 saturated carbocycles. The van der Waals surface area contributed by atoms with Crippen molar-refractivity contribution in [3.63, 3.8) is 0 Å². The number of nitrogens with one attached hydrogen (secondary N) is 1. The molecule has 0 unspecified atom stereocenters. The lowest BCUT2D eigenvalue weighted by Crippen LogP contribution is -2.27. The molecule has 8 heteroatoms. The molecule has 1 aromatic carbocycles. The third kappa shape index (κ3) is 8.34. The lowest BCUT2D eigenvalue weighted by Gasteiger charge is -2.19. The highest BCUT2D eigenvalue weighted by Crippen LogP contribution is 2.38. The first kappa shape index (κ1) is 25.3. The quantitative estimate of drug-likeness (QED) is 0.452. The van der Waals surface area contributed by atoms with Gasteiger partial charge in [0, 0.05) is 31.5 Å². The molecule has 168 valence electrons. The molecule has 8 nitrogen and oxygen atoms in total. The zero-order chi connectivity index (χ0) is 22.4. The summed E-state index contributed by atoms with van der Waals surface area (Å²) in [6.07, 6.45) is 5.06. The van der Waals surface area contributed by atoms with E-state index in [2.05, 4.69) is 22.9 Å². The van der Waals surface area contributed by atoms with Gasteiger partial charge in [0.25, 0.3) is 0 Å². The molecule has 1 aromatic heterocycles. The van der Waals surface area contributed by atoms with Crippen LogP contribution >= 0.6 is 0 Å². The normalized spacial score (nSPS) is 10.3. The van der Waals surface area contributed by atoms with E-state index < -0.39 is 5.97 Å². The number of likely N-dealkylation sites (N-methyl/N-ethyl adjacent to an activating group) is 1. The summed E-state index contributed by atoms with van der Waals surface area (Å²) in [5.74, 6) is -0.0113. The van der Waals surface area contributed by atoms with Crippen molar-refractivity contribution in [3.8, 4) is 17.2 Å². The number of aromatic carboxylic acids is 1. The van der Waals surface area contributed by atoms with E-state index in [4.69, 9.17) is 24.4 Å². The van der Waals surface area contributed by atoms with Crippen molar-refractivity contribution in [1.29, 1.82) is 0 Å². The van der Waals surface area contributed by atoms with Gasteiger partial charge in [-0.3, -0.25) is 0 Å². The Morgan fingerprint density at radius 3 is 2.17 bits per heavy atom. The van der Waals surface area contributed by atoms with Crippen molar-refractivity contribution in [1.82, 2.24) is 9.88 Å². The van der Waals surface area contributed by atoms with Gasteiger partial charge in [-0.05, 0) is 50.2 Å². The number of rotatable bonds is 12. The smallest absolute Gasteiger partial charge is 0.335 e. The Morgan fingerprint density at radius 2 is 1.73 bits per heavy atom. The van der Waals surface area contributed by atoms with E-state index >= 15 is 0 Å². The maximum absolute atomic E-state index is 10.8. The molecule has 0 saturated heterocycles. The molecule has 30 heavy (non-hydrogen) atoms. The molecular formula is C22H34N2O6. The van der Waals surface area contributed by atoms with Crippen molar-refractivity contribution >= 4 is 5.97 Å². The van der Waals surface area contributed by atoms with Gasteiger partial charge in [-0.2, -0.15) is 0 Å². The van der Waals surface area contributed by atoms with Crippen LogP contribution in [0.5, 0.6) is 17.2 Å². The van der Waals surface area contributed by atoms with Crippen LogP contribution in [-0.2, 0) is 6.42 Å². The van der Waals surface area contributed by atoms with Gasteiger partial charge < -0.3 is 34.3 Å². The molecule has 2 rings (SSSR count). The van der Waals surface area contributed by atoms with E-state index in [1.54, 1.807) is 0 Å². The molecule has 2 aromatic rings. The summed E-state index contributed by atoms with van der Waals surface area (Å²) in [4.78, 5) is 16.4. The van der Waals surface area contributed by atoms with Crippen LogP contribution in [0.15, 0.2) is 30.5 Å². The predicted octanol–water partition coefficient (Wildman–Crippen LogP) is 3.06. The van der Waals surface area contributed by atoms with E-state index in [9.17, 15) is 4.79 Å². The Hall–Kier alpha value is -2.71. The van der Waals surface area contributed by atoms with Gasteiger partial charge in [0.2, 0.25) is 5.75 Å². The molecule has 0 amide bonds. The number of ether oxygens (including phenoxy) is 3. The summed E-state index contributed by atoms with van der Waals surface area (Å²) < 4.78 is 15.1. The average molecular weight is 423 g/mol. The highest BCUT2D eigenvalue weighted by Gasteiger charge is 2.15. The van der Waals surface area contributed by atoms with Crippen molar-refractivity contribution in [3.05, 3.63) is 41.7 Å². The fourth-order valence-electron chi connectivity index (χ4n) is 2.88. The average Bonchev–Trinajstić information content (AvgIpc) is 3.29. The number of aromatic amines is 1. The second-order valence-corrected chi connectivity index (χ2v) is 6.53. The van der Waals surface area contributed by atoms with Crippen LogP contribution in [0.3, 0.4) is 0 Å². The molecule has 3 N–H and O–H groups in total. The zero-order valence-corrected chi connectivity index (χ0v) is 18.3. The third-order valence-corrected chi connectivity index (χ3v) is 4.60. The maximum Gasteiger partial charge on any atom is 0.335 e. The Kier molecular flexibility index (Phi) is 12.1. The molecule has 0 bridgehead atoms. The van der Waals surface area contributed by atoms with Gasteiger partial charge in [-0.1, -0.05) is 6.92 Å². The van der Waals surface area contributed by atoms with Gasteiger partial charge in [-0.25, -0.2) is 4.79 Å². The van der Waals surface area contributed by atoms with Crippen LogP contribution in [0.2, 0.25) is 0 Å². The summed E-state index contributed by atoms with van der Waals surface area (Å²) in [5, 5.41) is 17.5. The largest absolute Gasteiger partial charge is 0.493 e. The molecular weight excluding hydrogens is 388 g/mol. The van der Waals surface area contributed by atoms with E-state index in [0.29, 0.717) is 23.9 Å². The van der Waals surface area contributed by atoms with Gasteiger partial charge in [-0.15, -0.1) is 0 Å². The molecule has 0 fully saturated rings. The van der Waals surface area contributed by atoms with Gasteiger partial charge in [0.1, 0.15) is 0 Å². The monoisotopic (exact) mass is 422 g/mol. The first-order valence-electron chi connectivity index (χ1n) is 9.99. The van der Waals surface area contributed by atoms with Crippen LogP contribution in [0.1, 0.15) is 35.8 Å². The number of aliphatic hydroxyl groups excluding tert-OH is 1. The molecule has 0 spiro atoms. The molecule has 1 heterocycles. The third-order valence-electron chi connectivity index (χ3n) is 4.60. The van der Waals surface area contributed by atoms with Crippen molar-refractivity contribution < 1.29 is 29.2 Å². The number of methoxy groups -OCH3 is 3. The lowest BCUT2D eigenvalue weighted by atomic mass is 10.2. The topological polar surface area (TPSA) is 104 Å². The fraction of sp³-hybridized carbons (Fsp3) is 0.500. The van der Waals surface area contributed by atoms with Crippen LogP contribution in [0, 0.1) is 0 Å². The van der Waals surface area contributed by atoms with Gasteiger partial charge in [0.15, 0.2) is 11.5 Å². The Bertz CT molecular complexity index is 708. The Morgan fingerprint density at radius 1 is 1.07 bits per heavy atom. The summed E-state index contributed by atoms with van der Waals surface area (Å²) >= 11 is 0. The molecule has 0 aliphatic carbocycles. The number of carboxylic acid groups (broad SMARTS) is 1. The van der Waals surface area contributed by atoms with Crippen LogP contribution in [0.4, 0.5) is 0 Å². The maximum atomic E-state index is 10.8. The van der Waals surface area contributed by atoms with E-state index in [1.165, 1.54) is 39.2 Å². The number of carbonyl (C=O) groups is 1. The Labute approximate surface area is 178 Å². The highest BCUT2D eigenvalue weighted by atomic mass is 16.5. The first-order chi connectivity index (χ1) is 14.5. The van der Waals surface area contributed by atoms with E-state index in [0.717, 1.165) is 38.9 Å². The molecule has 0 atom stereocenters. The Balaban J connectivity index is 0.000000300. The fourth-order valence-corrected chi connectivity index (χ4v) is 2.88. The van der Waals surface area contributed by atoms with Crippen molar-refractivity contribution in [2.24, 2.45) is 0 Å². The van der Waals surface area contributed by atoms with Gasteiger partial charge in [0.05, 0.1) is 26.9 Å². The van der Waals surface area contributed by atoms with E-state index in [1.807, 2.05) is 12.3 Å². The molecule has 0 radical (unpaired) electrons. The number of benzene rings is 1. The van der Waals surface area contributed by atoms with Crippen LogP contribution < -0.4 is 14.2 Å². The number of carboxylic acids is 1. The second kappa shape index (κ2) is 14.3. The SMILES string of the molecule is CCN(CCCCO)CCc1ccc[nH]1.COc1cc(C(=O)O)cc(OC)c1OC. The summed E-state index contributed by atoms with van der Waals surface area (Å²) in [6, 6.07) is 6.92. The minimum Gasteiger partial charge on any atom is -0.493 e. The standard InChI is InChI=1S/C12H22N2O.C10H12O5/c1-2-14(9-3-4-11-15)10-7-12-6-5-8-13-12;1-13-7-4-6(10(11)12)5-8(14-2)9(7)15-3/h5-6,8,13,15H,2-4,7,9-11H2,1H3;4-5H,1-3H3,(H,11,12). The van der Waals surface area contributed by atoms with Crippen molar-refractivity contribution in [2.45, 2.75) is 26.2 Å². The van der Waals surface area contributed by atoms with Crippen molar-refractivity contribution in [2.75, 3.05) is 47.6 Å². The summed E-state index contributed by atoms with van der Waals surface area (Å²) in [5.41, 5.74) is 1.39. The van der Waals surface area contributed by atoms with E-state index in [-0.39, 0.29) is 5.56 Å². The minimum absolute atomic E-state index is 0.0875. The number of aliphatic hydroxyl groups is 1. The number of H-pyrrole nitrogens is 1. The number of hydrogen-bond donors (Lipinski definition) is 3. The molecule has 0 aliphatic heterocycles. The number of aromatic nitrogens is 1. The lowest BCUT2D eigenvalue weighted by molar-refractivity contribution is 0.0696. The number of hydrogen-bond acceptors (Lipinski definition) is 6. The first-order valence-corrected chi connectivity index (χ1v) is 9.99. The molecule has 0 aliphatic rings. The summed E-state index contributed by atoms with van der Waals surface area (Å²) in [7, 11) is 4.33. The second-order valence-electron chi connectivity index (χ2n) is 6.53. The van der Waals surface area contributed by atoms with Crippen LogP contribution in [-0.4, -0.2) is 73.6 Å². The predicted molar refractivity (Wildman–Crippen MR) is 116 cm³/mol. The highest BCUT2D eigenvalue weighted by molar-refractivity contribution is 5.89. The number of nitrogens with zero attached hydrogens (tertiary/aromatic N) is 1. The summed E-state index contributed by atoms with van der Waals surface area (Å²) in [6.45, 7) is 5.79. The minimum atomic E-state index is -1.05. The van der Waals surface area contributed by atoms with Crippen LogP contribution in [0.25, 0.3) is 0 Å².